The third kappa shape index (κ3) is 4.85. The van der Waals surface area contributed by atoms with Gasteiger partial charge in [-0.3, -0.25) is 4.79 Å². The zero-order valence-corrected chi connectivity index (χ0v) is 16.6. The van der Waals surface area contributed by atoms with Crippen molar-refractivity contribution in [3.05, 3.63) is 69.0 Å². The summed E-state index contributed by atoms with van der Waals surface area (Å²) in [5, 5.41) is 2.45. The summed E-state index contributed by atoms with van der Waals surface area (Å²) in [6.07, 6.45) is -3.62. The lowest BCUT2D eigenvalue weighted by atomic mass is 9.73. The van der Waals surface area contributed by atoms with Gasteiger partial charge < -0.3 is 10.1 Å². The molecule has 0 aromatic heterocycles. The van der Waals surface area contributed by atoms with Crippen molar-refractivity contribution in [1.29, 1.82) is 0 Å². The molecule has 2 aromatic rings. The molecular formula is C20H17Cl2F4NO2. The molecule has 1 aliphatic heterocycles. The van der Waals surface area contributed by atoms with Gasteiger partial charge in [-0.25, -0.2) is 4.39 Å². The van der Waals surface area contributed by atoms with Crippen LogP contribution in [-0.4, -0.2) is 25.7 Å². The number of benzene rings is 2. The molecule has 0 aliphatic carbocycles. The standard InChI is InChI=1S/C20H17Cl2F4NO2/c21-15-10-16(22)17(23)9-14(15)18(28)27-11-19(4-6-29-7-5-19)12-2-1-3-13(8-12)20(24,25)26/h1-3,8-10H,4-7,11H2,(H,27,28). The zero-order valence-electron chi connectivity index (χ0n) is 15.1. The van der Waals surface area contributed by atoms with Crippen LogP contribution in [0.25, 0.3) is 0 Å². The molecule has 0 unspecified atom stereocenters. The van der Waals surface area contributed by atoms with Gasteiger partial charge in [0.25, 0.3) is 5.91 Å². The van der Waals surface area contributed by atoms with Gasteiger partial charge in [-0.1, -0.05) is 41.4 Å². The fraction of sp³-hybridized carbons (Fsp3) is 0.350. The lowest BCUT2D eigenvalue weighted by Gasteiger charge is -2.38. The lowest BCUT2D eigenvalue weighted by Crippen LogP contribution is -2.44. The average Bonchev–Trinajstić information content (AvgIpc) is 2.69. The Labute approximate surface area is 174 Å². The molecule has 156 valence electrons. The van der Waals surface area contributed by atoms with Gasteiger partial charge in [0.2, 0.25) is 0 Å². The Bertz CT molecular complexity index is 912. The number of alkyl halides is 3. The molecule has 2 aromatic carbocycles. The number of carbonyl (C=O) groups is 1. The van der Waals surface area contributed by atoms with Gasteiger partial charge in [-0.05, 0) is 36.6 Å². The molecule has 1 N–H and O–H groups in total. The zero-order chi connectivity index (χ0) is 21.2. The first-order chi connectivity index (χ1) is 13.6. The molecule has 1 saturated heterocycles. The number of ether oxygens (including phenoxy) is 1. The minimum Gasteiger partial charge on any atom is -0.381 e. The van der Waals surface area contributed by atoms with Gasteiger partial charge in [0, 0.05) is 25.2 Å². The van der Waals surface area contributed by atoms with E-state index in [1.807, 2.05) is 0 Å². The summed E-state index contributed by atoms with van der Waals surface area (Å²) in [5.74, 6) is -1.43. The van der Waals surface area contributed by atoms with Gasteiger partial charge >= 0.3 is 6.18 Å². The molecule has 1 heterocycles. The minimum atomic E-state index is -4.47. The van der Waals surface area contributed by atoms with Crippen LogP contribution in [0.3, 0.4) is 0 Å². The predicted octanol–water partition coefficient (Wildman–Crippen LogP) is 5.63. The van der Waals surface area contributed by atoms with E-state index >= 15 is 0 Å². The summed E-state index contributed by atoms with van der Waals surface area (Å²) in [6.45, 7) is 0.752. The van der Waals surface area contributed by atoms with Crippen molar-refractivity contribution in [3.63, 3.8) is 0 Å². The Morgan fingerprint density at radius 3 is 2.45 bits per heavy atom. The quantitative estimate of drug-likeness (QED) is 0.485. The summed E-state index contributed by atoms with van der Waals surface area (Å²) < 4.78 is 58.5. The van der Waals surface area contributed by atoms with Gasteiger partial charge in [0.05, 0.1) is 21.2 Å². The van der Waals surface area contributed by atoms with Crippen LogP contribution in [0.4, 0.5) is 17.6 Å². The van der Waals surface area contributed by atoms with E-state index in [1.54, 1.807) is 6.07 Å². The molecule has 3 nitrogen and oxygen atoms in total. The monoisotopic (exact) mass is 449 g/mol. The highest BCUT2D eigenvalue weighted by Gasteiger charge is 2.38. The Morgan fingerprint density at radius 2 is 1.79 bits per heavy atom. The van der Waals surface area contributed by atoms with Crippen LogP contribution in [-0.2, 0) is 16.3 Å². The highest BCUT2D eigenvalue weighted by Crippen LogP contribution is 2.38. The Morgan fingerprint density at radius 1 is 1.10 bits per heavy atom. The molecule has 0 saturated carbocycles. The summed E-state index contributed by atoms with van der Waals surface area (Å²) in [5.41, 5.74) is -1.13. The number of carbonyl (C=O) groups excluding carboxylic acids is 1. The molecule has 3 rings (SSSR count). The summed E-state index contributed by atoms with van der Waals surface area (Å²) in [6, 6.07) is 7.13. The van der Waals surface area contributed by atoms with Gasteiger partial charge in [0.1, 0.15) is 5.82 Å². The van der Waals surface area contributed by atoms with Crippen LogP contribution in [0, 0.1) is 5.82 Å². The maximum absolute atomic E-state index is 13.7. The third-order valence-electron chi connectivity index (χ3n) is 5.09. The molecule has 0 atom stereocenters. The van der Waals surface area contributed by atoms with Crippen molar-refractivity contribution >= 4 is 29.1 Å². The molecule has 0 bridgehead atoms. The van der Waals surface area contributed by atoms with Crippen LogP contribution in [0.5, 0.6) is 0 Å². The van der Waals surface area contributed by atoms with E-state index < -0.39 is 28.9 Å². The molecule has 29 heavy (non-hydrogen) atoms. The second-order valence-corrected chi connectivity index (χ2v) is 7.71. The second-order valence-electron chi connectivity index (χ2n) is 6.90. The van der Waals surface area contributed by atoms with Gasteiger partial charge in [0.15, 0.2) is 0 Å². The SMILES string of the molecule is O=C(NCC1(c2cccc(C(F)(F)F)c2)CCOCC1)c1cc(F)c(Cl)cc1Cl. The molecule has 9 heteroatoms. The van der Waals surface area contributed by atoms with Crippen molar-refractivity contribution in [3.8, 4) is 0 Å². The summed E-state index contributed by atoms with van der Waals surface area (Å²) in [7, 11) is 0. The van der Waals surface area contributed by atoms with Crippen molar-refractivity contribution in [2.75, 3.05) is 19.8 Å². The van der Waals surface area contributed by atoms with Crippen LogP contribution < -0.4 is 5.32 Å². The smallest absolute Gasteiger partial charge is 0.381 e. The Kier molecular flexibility index (Phi) is 6.41. The maximum atomic E-state index is 13.7. The average molecular weight is 450 g/mol. The van der Waals surface area contributed by atoms with Crippen LogP contribution >= 0.6 is 23.2 Å². The van der Waals surface area contributed by atoms with E-state index in [-0.39, 0.29) is 22.2 Å². The van der Waals surface area contributed by atoms with E-state index in [9.17, 15) is 22.4 Å². The molecule has 0 spiro atoms. The van der Waals surface area contributed by atoms with E-state index in [2.05, 4.69) is 5.32 Å². The van der Waals surface area contributed by atoms with Crippen LogP contribution in [0.15, 0.2) is 36.4 Å². The molecule has 1 amide bonds. The number of hydrogen-bond acceptors (Lipinski definition) is 2. The van der Waals surface area contributed by atoms with Crippen molar-refractivity contribution < 1.29 is 27.1 Å². The predicted molar refractivity (Wildman–Crippen MR) is 102 cm³/mol. The first-order valence-electron chi connectivity index (χ1n) is 8.81. The van der Waals surface area contributed by atoms with Crippen LogP contribution in [0.1, 0.15) is 34.3 Å². The number of rotatable bonds is 4. The maximum Gasteiger partial charge on any atom is 0.416 e. The molecule has 0 radical (unpaired) electrons. The Balaban J connectivity index is 1.87. The number of nitrogens with one attached hydrogen (secondary N) is 1. The van der Waals surface area contributed by atoms with Crippen molar-refractivity contribution in [2.45, 2.75) is 24.4 Å². The third-order valence-corrected chi connectivity index (χ3v) is 5.70. The molecule has 1 fully saturated rings. The van der Waals surface area contributed by atoms with Crippen molar-refractivity contribution in [1.82, 2.24) is 5.32 Å². The van der Waals surface area contributed by atoms with Crippen molar-refractivity contribution in [2.24, 2.45) is 0 Å². The van der Waals surface area contributed by atoms with Crippen LogP contribution in [0.2, 0.25) is 10.0 Å². The highest BCUT2D eigenvalue weighted by molar-refractivity contribution is 6.36. The first-order valence-corrected chi connectivity index (χ1v) is 9.56. The fourth-order valence-electron chi connectivity index (χ4n) is 3.40. The molecular weight excluding hydrogens is 433 g/mol. The molecule has 1 aliphatic rings. The van der Waals surface area contributed by atoms with Gasteiger partial charge in [-0.15, -0.1) is 0 Å². The first kappa shape index (κ1) is 21.9. The number of hydrogen-bond donors (Lipinski definition) is 1. The Hall–Kier alpha value is -1.83. The van der Waals surface area contributed by atoms with E-state index in [0.29, 0.717) is 31.6 Å². The second kappa shape index (κ2) is 8.50. The summed E-state index contributed by atoms with van der Waals surface area (Å²) in [4.78, 5) is 12.6. The highest BCUT2D eigenvalue weighted by atomic mass is 35.5. The fourth-order valence-corrected chi connectivity index (χ4v) is 3.87. The number of halogens is 6. The van der Waals surface area contributed by atoms with E-state index in [1.165, 1.54) is 6.07 Å². The topological polar surface area (TPSA) is 38.3 Å². The normalized spacial score (nSPS) is 16.5. The minimum absolute atomic E-state index is 0.0194. The van der Waals surface area contributed by atoms with E-state index in [4.69, 9.17) is 27.9 Å². The number of amides is 1. The van der Waals surface area contributed by atoms with Gasteiger partial charge in [-0.2, -0.15) is 13.2 Å². The van der Waals surface area contributed by atoms with E-state index in [0.717, 1.165) is 24.3 Å². The summed E-state index contributed by atoms with van der Waals surface area (Å²) >= 11 is 11.6. The lowest BCUT2D eigenvalue weighted by molar-refractivity contribution is -0.137. The largest absolute Gasteiger partial charge is 0.416 e.